The van der Waals surface area contributed by atoms with Crippen molar-refractivity contribution in [3.05, 3.63) is 42.1 Å². The predicted molar refractivity (Wildman–Crippen MR) is 77.4 cm³/mol. The Bertz CT molecular complexity index is 597. The molecule has 0 saturated heterocycles. The summed E-state index contributed by atoms with van der Waals surface area (Å²) in [4.78, 5) is 16.4. The summed E-state index contributed by atoms with van der Waals surface area (Å²) in [5.41, 5.74) is 7.10. The first kappa shape index (κ1) is 13.4. The molecule has 0 spiro atoms. The summed E-state index contributed by atoms with van der Waals surface area (Å²) in [6.07, 6.45) is 1.50. The van der Waals surface area contributed by atoms with Gasteiger partial charge in [0.05, 0.1) is 5.56 Å². The molecule has 0 aliphatic rings. The maximum atomic E-state index is 11.2. The smallest absolute Gasteiger partial charge is 0.336 e. The van der Waals surface area contributed by atoms with Crippen molar-refractivity contribution >= 4 is 23.5 Å². The molecule has 0 unspecified atom stereocenters. The molecule has 1 heterocycles. The van der Waals surface area contributed by atoms with Crippen LogP contribution in [0.5, 0.6) is 0 Å². The summed E-state index contributed by atoms with van der Waals surface area (Å²) in [6, 6.07) is 9.14. The van der Waals surface area contributed by atoms with Crippen LogP contribution in [0.3, 0.4) is 0 Å². The molecule has 0 radical (unpaired) electrons. The number of hydrogen-bond donors (Lipinski definition) is 2. The number of carboxylic acids is 1. The number of nitrogens with zero attached hydrogens (tertiary/aromatic N) is 1. The number of aromatic nitrogens is 1. The molecule has 0 amide bonds. The second-order valence-corrected chi connectivity index (χ2v) is 5.25. The first-order chi connectivity index (χ1) is 9.11. The van der Waals surface area contributed by atoms with Gasteiger partial charge >= 0.3 is 5.97 Å². The summed E-state index contributed by atoms with van der Waals surface area (Å²) in [6.45, 7) is 2.09. The molecule has 2 rings (SSSR count). The van der Waals surface area contributed by atoms with Crippen LogP contribution < -0.4 is 5.73 Å². The number of pyridine rings is 1. The van der Waals surface area contributed by atoms with Crippen molar-refractivity contribution in [2.75, 3.05) is 11.5 Å². The lowest BCUT2D eigenvalue weighted by atomic mass is 10.0. The third-order valence-electron chi connectivity index (χ3n) is 2.63. The van der Waals surface area contributed by atoms with Gasteiger partial charge < -0.3 is 10.8 Å². The fraction of sp³-hybridized carbons (Fsp3) is 0.143. The van der Waals surface area contributed by atoms with Crippen LogP contribution in [0.15, 0.2) is 41.4 Å². The van der Waals surface area contributed by atoms with Crippen LogP contribution in [-0.2, 0) is 0 Å². The molecule has 3 N–H and O–H groups in total. The zero-order valence-electron chi connectivity index (χ0n) is 10.5. The third-order valence-corrected chi connectivity index (χ3v) is 3.53. The molecule has 19 heavy (non-hydrogen) atoms. The lowest BCUT2D eigenvalue weighted by Crippen LogP contribution is -2.02. The molecular formula is C14H14N2O2S. The Morgan fingerprint density at radius 1 is 1.37 bits per heavy atom. The Labute approximate surface area is 115 Å². The molecule has 1 aromatic heterocycles. The minimum Gasteiger partial charge on any atom is -0.478 e. The molecule has 0 bridgehead atoms. The van der Waals surface area contributed by atoms with Crippen LogP contribution in [-0.4, -0.2) is 21.8 Å². The largest absolute Gasteiger partial charge is 0.478 e. The summed E-state index contributed by atoms with van der Waals surface area (Å²) >= 11 is 1.74. The minimum absolute atomic E-state index is 0.170. The van der Waals surface area contributed by atoms with Gasteiger partial charge in [-0.15, -0.1) is 11.8 Å². The Morgan fingerprint density at radius 3 is 2.63 bits per heavy atom. The second-order valence-electron chi connectivity index (χ2n) is 3.92. The Hall–Kier alpha value is -2.01. The predicted octanol–water partition coefficient (Wildman–Crippen LogP) is 3.14. The molecule has 4 nitrogen and oxygen atoms in total. The Morgan fingerprint density at radius 2 is 2.05 bits per heavy atom. The molecule has 0 aliphatic heterocycles. The average molecular weight is 274 g/mol. The summed E-state index contributed by atoms with van der Waals surface area (Å²) in [7, 11) is 0. The second kappa shape index (κ2) is 5.75. The molecule has 0 aliphatic carbocycles. The zero-order valence-corrected chi connectivity index (χ0v) is 11.3. The molecule has 1 aromatic carbocycles. The number of carbonyl (C=O) groups is 1. The van der Waals surface area contributed by atoms with Gasteiger partial charge in [0, 0.05) is 16.7 Å². The number of nitrogen functional groups attached to an aromatic ring is 1. The van der Waals surface area contributed by atoms with Gasteiger partial charge in [0.25, 0.3) is 0 Å². The summed E-state index contributed by atoms with van der Waals surface area (Å²) in [5, 5.41) is 9.20. The van der Waals surface area contributed by atoms with Crippen molar-refractivity contribution in [2.24, 2.45) is 0 Å². The molecule has 0 saturated carbocycles. The number of carboxylic acid groups (broad SMARTS) is 1. The van der Waals surface area contributed by atoms with Crippen LogP contribution in [0.25, 0.3) is 11.1 Å². The number of benzene rings is 1. The quantitative estimate of drug-likeness (QED) is 0.838. The Balaban J connectivity index is 2.43. The van der Waals surface area contributed by atoms with E-state index in [-0.39, 0.29) is 11.4 Å². The van der Waals surface area contributed by atoms with Crippen LogP contribution in [0, 0.1) is 0 Å². The van der Waals surface area contributed by atoms with Gasteiger partial charge in [-0.3, -0.25) is 0 Å². The number of nitrogens with two attached hydrogens (primary N) is 1. The van der Waals surface area contributed by atoms with E-state index in [9.17, 15) is 9.90 Å². The number of aromatic carboxylic acids is 1. The fourth-order valence-electron chi connectivity index (χ4n) is 1.78. The van der Waals surface area contributed by atoms with Crippen molar-refractivity contribution in [1.29, 1.82) is 0 Å². The minimum atomic E-state index is -1.00. The lowest BCUT2D eigenvalue weighted by molar-refractivity contribution is 0.0697. The van der Waals surface area contributed by atoms with E-state index in [0.29, 0.717) is 5.56 Å². The SMILES string of the molecule is CCSc1ccc(-c2cnc(N)cc2C(=O)O)cc1. The first-order valence-corrected chi connectivity index (χ1v) is 6.82. The highest BCUT2D eigenvalue weighted by atomic mass is 32.2. The number of thioether (sulfide) groups is 1. The average Bonchev–Trinajstić information content (AvgIpc) is 2.40. The highest BCUT2D eigenvalue weighted by Crippen LogP contribution is 2.27. The van der Waals surface area contributed by atoms with E-state index < -0.39 is 5.97 Å². The van der Waals surface area contributed by atoms with Crippen molar-refractivity contribution in [1.82, 2.24) is 4.98 Å². The molecular weight excluding hydrogens is 260 g/mol. The molecule has 0 atom stereocenters. The van der Waals surface area contributed by atoms with E-state index in [4.69, 9.17) is 5.73 Å². The van der Waals surface area contributed by atoms with Gasteiger partial charge in [-0.1, -0.05) is 19.1 Å². The topological polar surface area (TPSA) is 76.2 Å². The van der Waals surface area contributed by atoms with Gasteiger partial charge in [-0.2, -0.15) is 0 Å². The van der Waals surface area contributed by atoms with Crippen molar-refractivity contribution in [2.45, 2.75) is 11.8 Å². The summed E-state index contributed by atoms with van der Waals surface area (Å²) < 4.78 is 0. The zero-order chi connectivity index (χ0) is 13.8. The van der Waals surface area contributed by atoms with E-state index in [2.05, 4.69) is 11.9 Å². The molecule has 98 valence electrons. The van der Waals surface area contributed by atoms with Crippen molar-refractivity contribution < 1.29 is 9.90 Å². The van der Waals surface area contributed by atoms with Gasteiger partial charge in [0.1, 0.15) is 5.82 Å². The maximum Gasteiger partial charge on any atom is 0.336 e. The fourth-order valence-corrected chi connectivity index (χ4v) is 2.44. The number of rotatable bonds is 4. The summed E-state index contributed by atoms with van der Waals surface area (Å²) in [5.74, 6) is 0.207. The molecule has 2 aromatic rings. The lowest BCUT2D eigenvalue weighted by Gasteiger charge is -2.07. The monoisotopic (exact) mass is 274 g/mol. The van der Waals surface area contributed by atoms with Crippen LogP contribution in [0.2, 0.25) is 0 Å². The highest BCUT2D eigenvalue weighted by Gasteiger charge is 2.12. The standard InChI is InChI=1S/C14H14N2O2S/c1-2-19-10-5-3-9(4-6-10)12-8-16-13(15)7-11(12)14(17)18/h3-8H,2H2,1H3,(H2,15,16)(H,17,18). The third kappa shape index (κ3) is 3.06. The maximum absolute atomic E-state index is 11.2. The van der Waals surface area contributed by atoms with E-state index in [1.807, 2.05) is 24.3 Å². The number of anilines is 1. The van der Waals surface area contributed by atoms with E-state index in [1.54, 1.807) is 11.8 Å². The van der Waals surface area contributed by atoms with E-state index in [0.717, 1.165) is 16.2 Å². The number of hydrogen-bond acceptors (Lipinski definition) is 4. The van der Waals surface area contributed by atoms with Gasteiger partial charge in [0.15, 0.2) is 0 Å². The van der Waals surface area contributed by atoms with E-state index in [1.165, 1.54) is 12.3 Å². The normalized spacial score (nSPS) is 10.4. The van der Waals surface area contributed by atoms with Crippen molar-refractivity contribution in [3.8, 4) is 11.1 Å². The van der Waals surface area contributed by atoms with Gasteiger partial charge in [0.2, 0.25) is 0 Å². The molecule has 5 heteroatoms. The van der Waals surface area contributed by atoms with Crippen LogP contribution in [0.1, 0.15) is 17.3 Å². The van der Waals surface area contributed by atoms with Gasteiger partial charge in [-0.05, 0) is 29.5 Å². The van der Waals surface area contributed by atoms with Gasteiger partial charge in [-0.25, -0.2) is 9.78 Å². The Kier molecular flexibility index (Phi) is 4.06. The van der Waals surface area contributed by atoms with Crippen molar-refractivity contribution in [3.63, 3.8) is 0 Å². The van der Waals surface area contributed by atoms with Crippen LogP contribution >= 0.6 is 11.8 Å². The first-order valence-electron chi connectivity index (χ1n) is 5.84. The van der Waals surface area contributed by atoms with Crippen LogP contribution in [0.4, 0.5) is 5.82 Å². The highest BCUT2D eigenvalue weighted by molar-refractivity contribution is 7.99. The van der Waals surface area contributed by atoms with E-state index >= 15 is 0 Å². The molecule has 0 fully saturated rings.